The molecule has 0 saturated heterocycles. The first-order valence-electron chi connectivity index (χ1n) is 12.6. The molecule has 6 rings (SSSR count). The van der Waals surface area contributed by atoms with Crippen molar-refractivity contribution in [3.63, 3.8) is 0 Å². The van der Waals surface area contributed by atoms with Gasteiger partial charge in [-0.1, -0.05) is 6.08 Å². The summed E-state index contributed by atoms with van der Waals surface area (Å²) in [7, 11) is 0. The minimum atomic E-state index is -1.34. The lowest BCUT2D eigenvalue weighted by Crippen LogP contribution is -2.39. The third-order valence-corrected chi connectivity index (χ3v) is 7.57. The van der Waals surface area contributed by atoms with Crippen LogP contribution in [0.25, 0.3) is 6.08 Å². The zero-order chi connectivity index (χ0) is 29.3. The highest BCUT2D eigenvalue weighted by Crippen LogP contribution is 2.47. The van der Waals surface area contributed by atoms with E-state index < -0.39 is 59.5 Å². The maximum absolute atomic E-state index is 13.2. The number of aliphatic hydroxyl groups excluding tert-OH is 2. The highest BCUT2D eigenvalue weighted by atomic mass is 16.5. The number of benzene rings is 3. The van der Waals surface area contributed by atoms with E-state index in [1.165, 1.54) is 18.2 Å². The fourth-order valence-corrected chi connectivity index (χ4v) is 5.65. The van der Waals surface area contributed by atoms with Gasteiger partial charge in [-0.25, -0.2) is 0 Å². The summed E-state index contributed by atoms with van der Waals surface area (Å²) in [5.41, 5.74) is -0.0688. The topological polar surface area (TPSA) is 214 Å². The predicted molar refractivity (Wildman–Crippen MR) is 138 cm³/mol. The number of rotatable bonds is 2. The summed E-state index contributed by atoms with van der Waals surface area (Å²) in [5.74, 6) is -4.88. The van der Waals surface area contributed by atoms with Crippen molar-refractivity contribution >= 4 is 17.6 Å². The molecule has 3 aliphatic rings. The van der Waals surface area contributed by atoms with Crippen LogP contribution in [0, 0.1) is 0 Å². The molecule has 0 bridgehead atoms. The third-order valence-electron chi connectivity index (χ3n) is 7.57. The van der Waals surface area contributed by atoms with Crippen LogP contribution in [0.3, 0.4) is 0 Å². The average molecular weight is 564 g/mol. The SMILES string of the molecule is O=C1CC(C2Oc3cc(O)cc(O)c3CC2O)=Cc2c([C@H]3Oc4cc(O)cc(O)c4C[C@H]3O)cc(O)c(O)c2C1=O. The number of aromatic hydroxyl groups is 6. The van der Waals surface area contributed by atoms with Crippen LogP contribution in [-0.4, -0.2) is 70.7 Å². The van der Waals surface area contributed by atoms with E-state index in [2.05, 4.69) is 0 Å². The van der Waals surface area contributed by atoms with Crippen molar-refractivity contribution < 1.29 is 59.9 Å². The molecule has 0 aromatic heterocycles. The molecule has 2 unspecified atom stereocenters. The number of fused-ring (bicyclic) bond motifs is 3. The molecule has 8 N–H and O–H groups in total. The molecule has 12 nitrogen and oxygen atoms in total. The molecular formula is C29H24O12. The van der Waals surface area contributed by atoms with Gasteiger partial charge in [-0.15, -0.1) is 0 Å². The lowest BCUT2D eigenvalue weighted by molar-refractivity contribution is -0.114. The summed E-state index contributed by atoms with van der Waals surface area (Å²) in [6.45, 7) is 0. The third kappa shape index (κ3) is 4.24. The molecule has 0 amide bonds. The maximum atomic E-state index is 13.2. The summed E-state index contributed by atoms with van der Waals surface area (Å²) < 4.78 is 11.8. The Morgan fingerprint density at radius 2 is 1.22 bits per heavy atom. The van der Waals surface area contributed by atoms with Crippen LogP contribution in [0.5, 0.6) is 46.0 Å². The van der Waals surface area contributed by atoms with E-state index in [0.29, 0.717) is 0 Å². The monoisotopic (exact) mass is 564 g/mol. The van der Waals surface area contributed by atoms with Crippen LogP contribution in [0.2, 0.25) is 0 Å². The number of aliphatic hydroxyl groups is 2. The van der Waals surface area contributed by atoms with Gasteiger partial charge in [-0.2, -0.15) is 0 Å². The van der Waals surface area contributed by atoms with Gasteiger partial charge in [0.1, 0.15) is 40.6 Å². The van der Waals surface area contributed by atoms with Crippen molar-refractivity contribution in [3.05, 3.63) is 63.7 Å². The standard InChI is InChI=1S/C29H24O12/c30-11-3-17(32)15-8-21(36)28(40-23(15)5-11)10-1-13-14(7-20(35)27(39)25(13)26(38)19(34)2-10)29-22(37)9-16-18(33)4-12(31)6-24(16)41-29/h1,3-7,21-22,28-33,35-37,39H,2,8-9H2/t21?,22-,28?,29-/m1/s1. The maximum Gasteiger partial charge on any atom is 0.233 e. The molecule has 3 aromatic rings. The Balaban J connectivity index is 1.50. The van der Waals surface area contributed by atoms with E-state index in [4.69, 9.17) is 9.47 Å². The van der Waals surface area contributed by atoms with Crippen molar-refractivity contribution in [1.29, 1.82) is 0 Å². The molecule has 4 atom stereocenters. The Bertz CT molecular complexity index is 1670. The van der Waals surface area contributed by atoms with Gasteiger partial charge in [0.25, 0.3) is 0 Å². The fourth-order valence-electron chi connectivity index (χ4n) is 5.65. The van der Waals surface area contributed by atoms with Crippen molar-refractivity contribution in [2.24, 2.45) is 0 Å². The average Bonchev–Trinajstić information content (AvgIpc) is 3.03. The predicted octanol–water partition coefficient (Wildman–Crippen LogP) is 1.86. The molecule has 0 radical (unpaired) electrons. The van der Waals surface area contributed by atoms with Gasteiger partial charge < -0.3 is 50.3 Å². The van der Waals surface area contributed by atoms with Gasteiger partial charge in [0.15, 0.2) is 17.6 Å². The smallest absolute Gasteiger partial charge is 0.233 e. The van der Waals surface area contributed by atoms with E-state index in [1.807, 2.05) is 0 Å². The zero-order valence-corrected chi connectivity index (χ0v) is 21.1. The zero-order valence-electron chi connectivity index (χ0n) is 21.1. The first kappa shape index (κ1) is 26.3. The molecule has 12 heteroatoms. The Morgan fingerprint density at radius 1 is 0.683 bits per heavy atom. The Hall–Kier alpha value is -4.94. The highest BCUT2D eigenvalue weighted by molar-refractivity contribution is 6.46. The number of phenols is 6. The fraction of sp³-hybridized carbons (Fsp3) is 0.241. The summed E-state index contributed by atoms with van der Waals surface area (Å²) in [5, 5.41) is 83.3. The lowest BCUT2D eigenvalue weighted by Gasteiger charge is -2.33. The van der Waals surface area contributed by atoms with Crippen molar-refractivity contribution in [3.8, 4) is 46.0 Å². The van der Waals surface area contributed by atoms with Gasteiger partial charge in [0, 0.05) is 60.2 Å². The van der Waals surface area contributed by atoms with Gasteiger partial charge in [-0.3, -0.25) is 9.59 Å². The van der Waals surface area contributed by atoms with Crippen molar-refractivity contribution in [2.45, 2.75) is 43.7 Å². The Morgan fingerprint density at radius 3 is 1.80 bits per heavy atom. The van der Waals surface area contributed by atoms with E-state index >= 15 is 0 Å². The summed E-state index contributed by atoms with van der Waals surface area (Å²) in [6, 6.07) is 5.69. The second kappa shape index (κ2) is 9.32. The van der Waals surface area contributed by atoms with Crippen molar-refractivity contribution in [2.75, 3.05) is 0 Å². The first-order chi connectivity index (χ1) is 19.4. The van der Waals surface area contributed by atoms with E-state index in [9.17, 15) is 50.4 Å². The molecule has 0 saturated carbocycles. The Kier molecular flexibility index (Phi) is 5.98. The molecule has 212 valence electrons. The van der Waals surface area contributed by atoms with Gasteiger partial charge in [0.05, 0.1) is 17.8 Å². The Labute approximate surface area is 231 Å². The van der Waals surface area contributed by atoms with E-state index in [-0.39, 0.29) is 75.2 Å². The number of carbonyl (C=O) groups is 2. The van der Waals surface area contributed by atoms with Crippen LogP contribution in [0.4, 0.5) is 0 Å². The largest absolute Gasteiger partial charge is 0.508 e. The van der Waals surface area contributed by atoms with Crippen LogP contribution in [0.1, 0.15) is 45.1 Å². The highest BCUT2D eigenvalue weighted by Gasteiger charge is 2.41. The molecular weight excluding hydrogens is 540 g/mol. The molecule has 0 spiro atoms. The molecule has 1 aliphatic carbocycles. The number of carbonyl (C=O) groups excluding carboxylic acids is 2. The quantitative estimate of drug-likeness (QED) is 0.165. The van der Waals surface area contributed by atoms with E-state index in [0.717, 1.165) is 18.2 Å². The number of phenolic OH excluding ortho intramolecular Hbond substituents is 6. The van der Waals surface area contributed by atoms with Gasteiger partial charge in [0.2, 0.25) is 11.6 Å². The number of ether oxygens (including phenoxy) is 2. The summed E-state index contributed by atoms with van der Waals surface area (Å²) in [6.07, 6.45) is -4.60. The number of hydrogen-bond donors (Lipinski definition) is 8. The number of Topliss-reactive ketones (excluding diaryl/α,β-unsaturated/α-hetero) is 2. The molecule has 3 aromatic carbocycles. The first-order valence-corrected chi connectivity index (χ1v) is 12.6. The minimum absolute atomic E-state index is 0.00202. The number of hydrogen-bond acceptors (Lipinski definition) is 12. The van der Waals surface area contributed by atoms with E-state index in [1.54, 1.807) is 0 Å². The van der Waals surface area contributed by atoms with Gasteiger partial charge >= 0.3 is 0 Å². The molecule has 0 fully saturated rings. The summed E-state index contributed by atoms with van der Waals surface area (Å²) in [4.78, 5) is 26.2. The second-order valence-corrected chi connectivity index (χ2v) is 10.3. The van der Waals surface area contributed by atoms with Crippen LogP contribution < -0.4 is 9.47 Å². The second-order valence-electron chi connectivity index (χ2n) is 10.3. The number of ketones is 2. The lowest BCUT2D eigenvalue weighted by atomic mass is 9.87. The van der Waals surface area contributed by atoms with Crippen molar-refractivity contribution in [1.82, 2.24) is 0 Å². The normalized spacial score (nSPS) is 23.3. The molecule has 2 aliphatic heterocycles. The van der Waals surface area contributed by atoms with Crippen LogP contribution >= 0.6 is 0 Å². The van der Waals surface area contributed by atoms with Gasteiger partial charge in [-0.05, 0) is 17.2 Å². The van der Waals surface area contributed by atoms with Crippen LogP contribution in [0.15, 0.2) is 35.9 Å². The molecule has 2 heterocycles. The molecule has 41 heavy (non-hydrogen) atoms. The van der Waals surface area contributed by atoms with Crippen LogP contribution in [-0.2, 0) is 17.6 Å². The summed E-state index contributed by atoms with van der Waals surface area (Å²) >= 11 is 0. The minimum Gasteiger partial charge on any atom is -0.508 e.